The number of nitrogens with zero attached hydrogens (tertiary/aromatic N) is 2. The number of benzene rings is 1. The van der Waals surface area contributed by atoms with Gasteiger partial charge in [-0.2, -0.15) is 0 Å². The summed E-state index contributed by atoms with van der Waals surface area (Å²) in [5.41, 5.74) is -0.264. The van der Waals surface area contributed by atoms with E-state index in [9.17, 15) is 18.5 Å². The second-order valence-electron chi connectivity index (χ2n) is 3.93. The number of sulfone groups is 1. The lowest BCUT2D eigenvalue weighted by Gasteiger charge is -2.05. The van der Waals surface area contributed by atoms with E-state index in [4.69, 9.17) is 4.74 Å². The van der Waals surface area contributed by atoms with Crippen LogP contribution in [0.25, 0.3) is 0 Å². The summed E-state index contributed by atoms with van der Waals surface area (Å²) < 4.78 is 27.9. The van der Waals surface area contributed by atoms with Crippen LogP contribution in [0.2, 0.25) is 0 Å². The zero-order valence-electron chi connectivity index (χ0n) is 10.4. The van der Waals surface area contributed by atoms with E-state index in [1.165, 1.54) is 42.6 Å². The molecule has 0 N–H and O–H groups in total. The van der Waals surface area contributed by atoms with Gasteiger partial charge in [-0.15, -0.1) is 0 Å². The van der Waals surface area contributed by atoms with Crippen LogP contribution in [0.4, 0.5) is 5.69 Å². The Morgan fingerprint density at radius 2 is 1.85 bits per heavy atom. The molecule has 0 aliphatic rings. The molecule has 7 nitrogen and oxygen atoms in total. The summed E-state index contributed by atoms with van der Waals surface area (Å²) >= 11 is 0. The number of nitro groups is 1. The van der Waals surface area contributed by atoms with Crippen LogP contribution in [-0.4, -0.2) is 24.6 Å². The second-order valence-corrected chi connectivity index (χ2v) is 5.95. The van der Waals surface area contributed by atoms with Gasteiger partial charge in [-0.1, -0.05) is 0 Å². The smallest absolute Gasteiger partial charge is 0.331 e. The van der Waals surface area contributed by atoms with Crippen LogP contribution in [0.1, 0.15) is 0 Å². The van der Waals surface area contributed by atoms with E-state index in [-0.39, 0.29) is 22.2 Å². The minimum absolute atomic E-state index is 0.139. The Morgan fingerprint density at radius 3 is 2.40 bits per heavy atom. The van der Waals surface area contributed by atoms with E-state index in [2.05, 4.69) is 4.98 Å². The van der Waals surface area contributed by atoms with Crippen molar-refractivity contribution in [2.75, 3.05) is 6.26 Å². The lowest BCUT2D eigenvalue weighted by Crippen LogP contribution is -1.97. The molecule has 0 aliphatic heterocycles. The van der Waals surface area contributed by atoms with Crippen molar-refractivity contribution in [3.05, 3.63) is 52.7 Å². The van der Waals surface area contributed by atoms with Gasteiger partial charge in [0.25, 0.3) is 5.88 Å². The number of rotatable bonds is 4. The molecule has 0 spiro atoms. The molecule has 104 valence electrons. The molecule has 0 bridgehead atoms. The average Bonchev–Trinajstić information content (AvgIpc) is 2.38. The number of aromatic nitrogens is 1. The Hall–Kier alpha value is -2.48. The van der Waals surface area contributed by atoms with Crippen LogP contribution < -0.4 is 4.74 Å². The van der Waals surface area contributed by atoms with Crippen LogP contribution >= 0.6 is 0 Å². The highest BCUT2D eigenvalue weighted by Gasteiger charge is 2.16. The van der Waals surface area contributed by atoms with Gasteiger partial charge >= 0.3 is 5.69 Å². The van der Waals surface area contributed by atoms with E-state index < -0.39 is 14.8 Å². The third-order valence-corrected chi connectivity index (χ3v) is 3.54. The lowest BCUT2D eigenvalue weighted by atomic mass is 10.3. The maximum atomic E-state index is 11.3. The van der Waals surface area contributed by atoms with Gasteiger partial charge in [0.05, 0.1) is 9.82 Å². The van der Waals surface area contributed by atoms with Crippen LogP contribution in [0.3, 0.4) is 0 Å². The van der Waals surface area contributed by atoms with Crippen molar-refractivity contribution in [2.45, 2.75) is 4.90 Å². The summed E-state index contributed by atoms with van der Waals surface area (Å²) in [6, 6.07) is 8.24. The molecule has 20 heavy (non-hydrogen) atoms. The van der Waals surface area contributed by atoms with E-state index in [1.807, 2.05) is 0 Å². The van der Waals surface area contributed by atoms with Crippen molar-refractivity contribution in [2.24, 2.45) is 0 Å². The minimum atomic E-state index is -3.29. The highest BCUT2D eigenvalue weighted by Crippen LogP contribution is 2.28. The molecule has 0 fully saturated rings. The van der Waals surface area contributed by atoms with E-state index in [0.717, 1.165) is 6.26 Å². The highest BCUT2D eigenvalue weighted by atomic mass is 32.2. The van der Waals surface area contributed by atoms with Crippen molar-refractivity contribution in [1.29, 1.82) is 0 Å². The normalized spacial score (nSPS) is 11.1. The lowest BCUT2D eigenvalue weighted by molar-refractivity contribution is -0.386. The second kappa shape index (κ2) is 5.25. The molecule has 1 aromatic heterocycles. The van der Waals surface area contributed by atoms with Gasteiger partial charge in [-0.05, 0) is 30.3 Å². The zero-order valence-corrected chi connectivity index (χ0v) is 11.2. The van der Waals surface area contributed by atoms with Crippen molar-refractivity contribution in [1.82, 2.24) is 4.98 Å². The minimum Gasteiger partial charge on any atom is -0.434 e. The molecule has 0 atom stereocenters. The molecular formula is C12H10N2O5S. The van der Waals surface area contributed by atoms with Crippen LogP contribution in [0, 0.1) is 10.1 Å². The number of pyridine rings is 1. The Labute approximate surface area is 114 Å². The largest absolute Gasteiger partial charge is 0.434 e. The fourth-order valence-corrected chi connectivity index (χ4v) is 2.10. The predicted molar refractivity (Wildman–Crippen MR) is 70.5 cm³/mol. The number of hydrogen-bond acceptors (Lipinski definition) is 6. The maximum Gasteiger partial charge on any atom is 0.331 e. The van der Waals surface area contributed by atoms with Crippen LogP contribution in [0.5, 0.6) is 11.6 Å². The van der Waals surface area contributed by atoms with Gasteiger partial charge in [0.2, 0.25) is 0 Å². The van der Waals surface area contributed by atoms with Gasteiger partial charge in [0.1, 0.15) is 5.75 Å². The fourth-order valence-electron chi connectivity index (χ4n) is 1.47. The van der Waals surface area contributed by atoms with Crippen molar-refractivity contribution < 1.29 is 18.1 Å². The number of hydrogen-bond donors (Lipinski definition) is 0. The molecule has 0 saturated heterocycles. The average molecular weight is 294 g/mol. The molecule has 0 aliphatic carbocycles. The summed E-state index contributed by atoms with van der Waals surface area (Å²) in [5.74, 6) is 0.115. The van der Waals surface area contributed by atoms with Crippen molar-refractivity contribution in [3.8, 4) is 11.6 Å². The summed E-state index contributed by atoms with van der Waals surface area (Å²) in [7, 11) is -3.29. The van der Waals surface area contributed by atoms with E-state index >= 15 is 0 Å². The van der Waals surface area contributed by atoms with Crippen LogP contribution in [0.15, 0.2) is 47.5 Å². The molecule has 0 saturated carbocycles. The molecule has 8 heteroatoms. The van der Waals surface area contributed by atoms with Gasteiger partial charge in [-0.3, -0.25) is 10.1 Å². The quantitative estimate of drug-likeness (QED) is 0.633. The van der Waals surface area contributed by atoms with E-state index in [0.29, 0.717) is 0 Å². The Balaban J connectivity index is 2.30. The van der Waals surface area contributed by atoms with Gasteiger partial charge < -0.3 is 4.74 Å². The number of ether oxygens (including phenoxy) is 1. The highest BCUT2D eigenvalue weighted by molar-refractivity contribution is 7.90. The first-order valence-corrected chi connectivity index (χ1v) is 7.34. The maximum absolute atomic E-state index is 11.3. The molecule has 0 unspecified atom stereocenters. The van der Waals surface area contributed by atoms with E-state index in [1.54, 1.807) is 0 Å². The first-order chi connectivity index (χ1) is 9.38. The van der Waals surface area contributed by atoms with Crippen molar-refractivity contribution in [3.63, 3.8) is 0 Å². The first kappa shape index (κ1) is 13.9. The molecule has 1 heterocycles. The summed E-state index contributed by atoms with van der Waals surface area (Å²) in [6.45, 7) is 0. The Morgan fingerprint density at radius 1 is 1.20 bits per heavy atom. The monoisotopic (exact) mass is 294 g/mol. The van der Waals surface area contributed by atoms with Gasteiger partial charge in [-0.25, -0.2) is 13.4 Å². The molecule has 2 rings (SSSR count). The Bertz CT molecular complexity index is 741. The Kier molecular flexibility index (Phi) is 3.66. The van der Waals surface area contributed by atoms with Crippen molar-refractivity contribution >= 4 is 15.5 Å². The standard InChI is InChI=1S/C12H10N2O5S/c1-20(17,18)10-6-4-9(5-7-10)19-12-11(14(15)16)3-2-8-13-12/h2-8H,1H3. The fraction of sp³-hybridized carbons (Fsp3) is 0.0833. The summed E-state index contributed by atoms with van der Waals surface area (Å²) in [6.07, 6.45) is 2.46. The molecule has 0 amide bonds. The molecule has 2 aromatic rings. The summed E-state index contributed by atoms with van der Waals surface area (Å²) in [5, 5.41) is 10.8. The SMILES string of the molecule is CS(=O)(=O)c1ccc(Oc2ncccc2[N+](=O)[O-])cc1. The topological polar surface area (TPSA) is 99.4 Å². The third kappa shape index (κ3) is 3.09. The molecular weight excluding hydrogens is 284 g/mol. The van der Waals surface area contributed by atoms with Gasteiger partial charge in [0.15, 0.2) is 9.84 Å². The first-order valence-electron chi connectivity index (χ1n) is 5.45. The zero-order chi connectivity index (χ0) is 14.8. The molecule has 0 radical (unpaired) electrons. The van der Waals surface area contributed by atoms with Gasteiger partial charge in [0, 0.05) is 18.5 Å². The predicted octanol–water partition coefficient (Wildman–Crippen LogP) is 2.19. The van der Waals surface area contributed by atoms with Crippen LogP contribution in [-0.2, 0) is 9.84 Å². The third-order valence-electron chi connectivity index (χ3n) is 2.41. The molecule has 1 aromatic carbocycles. The summed E-state index contributed by atoms with van der Waals surface area (Å²) in [4.78, 5) is 14.1.